The third-order valence-corrected chi connectivity index (χ3v) is 4.44. The number of hydrogen-bond donors (Lipinski definition) is 2. The average Bonchev–Trinajstić information content (AvgIpc) is 3.08. The minimum Gasteiger partial charge on any atom is -0.508 e. The molecule has 138 valence electrons. The van der Waals surface area contributed by atoms with Crippen molar-refractivity contribution in [3.05, 3.63) is 65.7 Å². The monoisotopic (exact) mass is 381 g/mol. The summed E-state index contributed by atoms with van der Waals surface area (Å²) < 4.78 is 1.90. The number of benzene rings is 1. The summed E-state index contributed by atoms with van der Waals surface area (Å²) in [6.45, 7) is 3.79. The van der Waals surface area contributed by atoms with Gasteiger partial charge in [-0.15, -0.1) is 0 Å². The summed E-state index contributed by atoms with van der Waals surface area (Å²) in [5, 5.41) is 14.0. The van der Waals surface area contributed by atoms with Crippen molar-refractivity contribution in [2.24, 2.45) is 5.10 Å². The number of phenolic OH excluding ortho intramolecular Hbond substituents is 1. The molecule has 0 radical (unpaired) electrons. The molecule has 0 aliphatic rings. The Morgan fingerprint density at radius 2 is 1.93 bits per heavy atom. The fourth-order valence-electron chi connectivity index (χ4n) is 2.44. The Morgan fingerprint density at radius 1 is 1.22 bits per heavy atom. The fourth-order valence-corrected chi connectivity index (χ4v) is 3.18. The molecule has 0 aliphatic heterocycles. The van der Waals surface area contributed by atoms with Gasteiger partial charge in [-0.25, -0.2) is 15.4 Å². The van der Waals surface area contributed by atoms with E-state index in [-0.39, 0.29) is 17.4 Å². The number of nitrogens with zero attached hydrogens (tertiary/aromatic N) is 4. The summed E-state index contributed by atoms with van der Waals surface area (Å²) in [7, 11) is 0. The molecule has 0 saturated heterocycles. The van der Waals surface area contributed by atoms with Gasteiger partial charge < -0.3 is 9.67 Å². The van der Waals surface area contributed by atoms with Crippen molar-refractivity contribution in [2.75, 3.05) is 5.75 Å². The summed E-state index contributed by atoms with van der Waals surface area (Å²) in [5.41, 5.74) is 5.94. The van der Waals surface area contributed by atoms with Gasteiger partial charge in [0.1, 0.15) is 5.75 Å². The van der Waals surface area contributed by atoms with Crippen LogP contribution in [0.2, 0.25) is 0 Å². The van der Waals surface area contributed by atoms with Gasteiger partial charge in [0.05, 0.1) is 17.7 Å². The van der Waals surface area contributed by atoms with Gasteiger partial charge in [0.2, 0.25) is 0 Å². The van der Waals surface area contributed by atoms with E-state index in [0.717, 1.165) is 22.8 Å². The second-order valence-corrected chi connectivity index (χ2v) is 6.78. The molecule has 0 bridgehead atoms. The largest absolute Gasteiger partial charge is 0.508 e. The van der Waals surface area contributed by atoms with Gasteiger partial charge in [0.25, 0.3) is 5.91 Å². The second kappa shape index (κ2) is 8.50. The molecule has 3 rings (SSSR count). The minimum atomic E-state index is -0.234. The summed E-state index contributed by atoms with van der Waals surface area (Å²) in [5.74, 6) is 0.152. The number of aryl methyl sites for hydroxylation is 2. The Hall–Kier alpha value is -3.13. The van der Waals surface area contributed by atoms with E-state index < -0.39 is 0 Å². The molecule has 2 N–H and O–H groups in total. The zero-order valence-corrected chi connectivity index (χ0v) is 15.8. The van der Waals surface area contributed by atoms with Crippen molar-refractivity contribution in [2.45, 2.75) is 19.0 Å². The summed E-state index contributed by atoms with van der Waals surface area (Å²) in [6, 6.07) is 12.5. The van der Waals surface area contributed by atoms with E-state index in [1.54, 1.807) is 30.5 Å². The van der Waals surface area contributed by atoms with Gasteiger partial charge in [-0.3, -0.25) is 4.79 Å². The number of amides is 1. The van der Waals surface area contributed by atoms with E-state index in [9.17, 15) is 9.90 Å². The molecule has 0 fully saturated rings. The molecule has 0 spiro atoms. The second-order valence-electron chi connectivity index (χ2n) is 5.83. The molecule has 3 aromatic rings. The maximum atomic E-state index is 12.0. The molecule has 0 saturated carbocycles. The molecule has 1 aromatic carbocycles. The SMILES string of the molecule is Cc1cc(C)nc(SCC(=O)N/N=C\c2cccn2-c2ccc(O)cc2)n1. The lowest BCUT2D eigenvalue weighted by Gasteiger charge is -2.06. The van der Waals surface area contributed by atoms with Crippen LogP contribution in [0.15, 0.2) is 58.9 Å². The lowest BCUT2D eigenvalue weighted by Crippen LogP contribution is -2.20. The molecule has 8 heteroatoms. The van der Waals surface area contributed by atoms with E-state index >= 15 is 0 Å². The molecule has 7 nitrogen and oxygen atoms in total. The first kappa shape index (κ1) is 18.7. The normalized spacial score (nSPS) is 11.0. The van der Waals surface area contributed by atoms with Crippen LogP contribution < -0.4 is 5.43 Å². The summed E-state index contributed by atoms with van der Waals surface area (Å²) in [6.07, 6.45) is 3.45. The van der Waals surface area contributed by atoms with Crippen LogP contribution >= 0.6 is 11.8 Å². The zero-order valence-electron chi connectivity index (χ0n) is 15.0. The number of rotatable bonds is 6. The van der Waals surface area contributed by atoms with Gasteiger partial charge in [0, 0.05) is 23.3 Å². The van der Waals surface area contributed by atoms with Crippen molar-refractivity contribution in [1.29, 1.82) is 0 Å². The van der Waals surface area contributed by atoms with Crippen molar-refractivity contribution >= 4 is 23.9 Å². The van der Waals surface area contributed by atoms with Crippen LogP contribution in [0.4, 0.5) is 0 Å². The van der Waals surface area contributed by atoms with Crippen molar-refractivity contribution in [3.8, 4) is 11.4 Å². The molecule has 2 aromatic heterocycles. The van der Waals surface area contributed by atoms with E-state index in [4.69, 9.17) is 0 Å². The van der Waals surface area contributed by atoms with E-state index in [2.05, 4.69) is 20.5 Å². The van der Waals surface area contributed by atoms with Crippen LogP contribution in [0, 0.1) is 13.8 Å². The smallest absolute Gasteiger partial charge is 0.250 e. The molecule has 27 heavy (non-hydrogen) atoms. The number of aromatic nitrogens is 3. The van der Waals surface area contributed by atoms with Gasteiger partial charge in [-0.05, 0) is 56.3 Å². The number of thioether (sulfide) groups is 1. The Bertz CT molecular complexity index is 946. The van der Waals surface area contributed by atoms with E-state index in [0.29, 0.717) is 5.16 Å². The molecular weight excluding hydrogens is 362 g/mol. The number of carbonyl (C=O) groups is 1. The molecule has 2 heterocycles. The highest BCUT2D eigenvalue weighted by atomic mass is 32.2. The molecule has 0 unspecified atom stereocenters. The number of carbonyl (C=O) groups excluding carboxylic acids is 1. The Morgan fingerprint density at radius 3 is 2.63 bits per heavy atom. The predicted molar refractivity (Wildman–Crippen MR) is 105 cm³/mol. The summed E-state index contributed by atoms with van der Waals surface area (Å²) in [4.78, 5) is 20.6. The van der Waals surface area contributed by atoms with E-state index in [1.165, 1.54) is 11.8 Å². The fraction of sp³-hybridized carbons (Fsp3) is 0.158. The number of nitrogens with one attached hydrogen (secondary N) is 1. The Kier molecular flexibility index (Phi) is 5.87. The highest BCUT2D eigenvalue weighted by Gasteiger charge is 2.06. The van der Waals surface area contributed by atoms with Gasteiger partial charge in [0.15, 0.2) is 5.16 Å². The van der Waals surface area contributed by atoms with Crippen LogP contribution in [0.25, 0.3) is 5.69 Å². The van der Waals surface area contributed by atoms with Crippen LogP contribution in [-0.2, 0) is 4.79 Å². The quantitative estimate of drug-likeness (QED) is 0.296. The van der Waals surface area contributed by atoms with Gasteiger partial charge in [-0.1, -0.05) is 11.8 Å². The highest BCUT2D eigenvalue weighted by molar-refractivity contribution is 7.99. The topological polar surface area (TPSA) is 92.4 Å². The minimum absolute atomic E-state index is 0.180. The predicted octanol–water partition coefficient (Wildman–Crippen LogP) is 2.83. The standard InChI is InChI=1S/C19H19N5O2S/c1-13-10-14(2)22-19(21-13)27-12-18(26)23-20-11-16-4-3-9-24(16)15-5-7-17(25)8-6-15/h3-11,25H,12H2,1-2H3,(H,23,26)/b20-11-. The Labute approximate surface area is 161 Å². The zero-order chi connectivity index (χ0) is 19.2. The van der Waals surface area contributed by atoms with Crippen molar-refractivity contribution < 1.29 is 9.90 Å². The molecule has 0 aliphatic carbocycles. The van der Waals surface area contributed by atoms with Crippen molar-refractivity contribution in [1.82, 2.24) is 20.0 Å². The highest BCUT2D eigenvalue weighted by Crippen LogP contribution is 2.16. The first-order valence-electron chi connectivity index (χ1n) is 8.25. The van der Waals surface area contributed by atoms with Crippen molar-refractivity contribution in [3.63, 3.8) is 0 Å². The third kappa shape index (κ3) is 5.18. The van der Waals surface area contributed by atoms with Crippen LogP contribution in [-0.4, -0.2) is 37.5 Å². The average molecular weight is 381 g/mol. The number of hydrogen-bond acceptors (Lipinski definition) is 6. The molecular formula is C19H19N5O2S. The van der Waals surface area contributed by atoms with Gasteiger partial charge >= 0.3 is 0 Å². The maximum Gasteiger partial charge on any atom is 0.250 e. The lowest BCUT2D eigenvalue weighted by atomic mass is 10.3. The Balaban J connectivity index is 1.57. The number of hydrazone groups is 1. The maximum absolute atomic E-state index is 12.0. The first-order valence-corrected chi connectivity index (χ1v) is 9.23. The number of aromatic hydroxyl groups is 1. The van der Waals surface area contributed by atoms with E-state index in [1.807, 2.05) is 42.8 Å². The lowest BCUT2D eigenvalue weighted by molar-refractivity contribution is -0.118. The van der Waals surface area contributed by atoms with Crippen LogP contribution in [0.3, 0.4) is 0 Å². The summed E-state index contributed by atoms with van der Waals surface area (Å²) >= 11 is 1.27. The van der Waals surface area contributed by atoms with Crippen LogP contribution in [0.5, 0.6) is 5.75 Å². The first-order chi connectivity index (χ1) is 13.0. The number of phenols is 1. The third-order valence-electron chi connectivity index (χ3n) is 3.59. The molecule has 1 amide bonds. The van der Waals surface area contributed by atoms with Crippen LogP contribution in [0.1, 0.15) is 17.1 Å². The van der Waals surface area contributed by atoms with Gasteiger partial charge in [-0.2, -0.15) is 5.10 Å². The molecule has 0 atom stereocenters.